The second-order valence-electron chi connectivity index (χ2n) is 5.71. The Hall–Kier alpha value is -2.46. The summed E-state index contributed by atoms with van der Waals surface area (Å²) in [5.74, 6) is -0.261. The molecule has 1 fully saturated rings. The smallest absolute Gasteiger partial charge is 0.323 e. The lowest BCUT2D eigenvalue weighted by Gasteiger charge is -2.44. The molecule has 0 N–H and O–H groups in total. The molecule has 1 aliphatic rings. The summed E-state index contributed by atoms with van der Waals surface area (Å²) >= 11 is 0. The second-order valence-corrected chi connectivity index (χ2v) is 5.71. The van der Waals surface area contributed by atoms with Crippen molar-refractivity contribution in [2.24, 2.45) is 0 Å². The predicted octanol–water partition coefficient (Wildman–Crippen LogP) is 2.57. The van der Waals surface area contributed by atoms with Crippen molar-refractivity contribution >= 4 is 12.3 Å². The van der Waals surface area contributed by atoms with Gasteiger partial charge in [0, 0.05) is 6.54 Å². The van der Waals surface area contributed by atoms with Crippen LogP contribution in [0.25, 0.3) is 0 Å². The summed E-state index contributed by atoms with van der Waals surface area (Å²) in [5.41, 5.74) is 2.04. The third kappa shape index (κ3) is 3.66. The molecule has 23 heavy (non-hydrogen) atoms. The van der Waals surface area contributed by atoms with Crippen LogP contribution in [-0.4, -0.2) is 29.2 Å². The van der Waals surface area contributed by atoms with Gasteiger partial charge in [-0.3, -0.25) is 9.69 Å². The molecule has 118 valence electrons. The number of hydrogen-bond donors (Lipinski definition) is 0. The minimum absolute atomic E-state index is 0.204. The summed E-state index contributed by atoms with van der Waals surface area (Å²) in [6.07, 6.45) is 1.44. The highest BCUT2D eigenvalue weighted by Gasteiger charge is 2.43. The quantitative estimate of drug-likeness (QED) is 0.608. The van der Waals surface area contributed by atoms with E-state index in [0.29, 0.717) is 13.0 Å². The van der Waals surface area contributed by atoms with Gasteiger partial charge < -0.3 is 9.53 Å². The number of benzene rings is 2. The highest BCUT2D eigenvalue weighted by atomic mass is 16.5. The van der Waals surface area contributed by atoms with E-state index in [1.54, 1.807) is 0 Å². The van der Waals surface area contributed by atoms with E-state index in [4.69, 9.17) is 4.74 Å². The van der Waals surface area contributed by atoms with E-state index in [-0.39, 0.29) is 24.7 Å². The topological polar surface area (TPSA) is 46.6 Å². The first-order valence-corrected chi connectivity index (χ1v) is 7.73. The Balaban J connectivity index is 1.59. The molecule has 4 nitrogen and oxygen atoms in total. The van der Waals surface area contributed by atoms with Crippen LogP contribution in [0.1, 0.15) is 17.5 Å². The van der Waals surface area contributed by atoms with Crippen molar-refractivity contribution in [1.82, 2.24) is 4.90 Å². The van der Waals surface area contributed by atoms with E-state index < -0.39 is 0 Å². The van der Waals surface area contributed by atoms with Crippen LogP contribution in [0.2, 0.25) is 0 Å². The van der Waals surface area contributed by atoms with Gasteiger partial charge in [-0.2, -0.15) is 0 Å². The fourth-order valence-corrected chi connectivity index (χ4v) is 2.80. The molecule has 1 saturated heterocycles. The minimum atomic E-state index is -0.339. The Morgan fingerprint density at radius 3 is 2.26 bits per heavy atom. The zero-order chi connectivity index (χ0) is 16.1. The van der Waals surface area contributed by atoms with Crippen molar-refractivity contribution in [1.29, 1.82) is 0 Å². The third-order valence-corrected chi connectivity index (χ3v) is 4.15. The van der Waals surface area contributed by atoms with Crippen LogP contribution in [0, 0.1) is 0 Å². The summed E-state index contributed by atoms with van der Waals surface area (Å²) < 4.78 is 5.40. The number of rotatable bonds is 6. The van der Waals surface area contributed by atoms with Gasteiger partial charge >= 0.3 is 5.97 Å². The molecular weight excluding hydrogens is 290 g/mol. The van der Waals surface area contributed by atoms with Crippen molar-refractivity contribution in [2.45, 2.75) is 31.7 Å². The minimum Gasteiger partial charge on any atom is -0.460 e. The van der Waals surface area contributed by atoms with E-state index in [2.05, 4.69) is 0 Å². The van der Waals surface area contributed by atoms with Gasteiger partial charge in [0.2, 0.25) is 0 Å². The number of carbonyl (C=O) groups is 2. The van der Waals surface area contributed by atoms with Crippen LogP contribution in [0.5, 0.6) is 0 Å². The largest absolute Gasteiger partial charge is 0.460 e. The van der Waals surface area contributed by atoms with Gasteiger partial charge in [-0.25, -0.2) is 0 Å². The van der Waals surface area contributed by atoms with E-state index in [1.165, 1.54) is 0 Å². The average Bonchev–Trinajstić information content (AvgIpc) is 2.59. The molecule has 0 bridgehead atoms. The number of likely N-dealkylation sites (tertiary alicyclic amines) is 1. The summed E-state index contributed by atoms with van der Waals surface area (Å²) in [6.45, 7) is 0.844. The van der Waals surface area contributed by atoms with E-state index in [0.717, 1.165) is 17.4 Å². The van der Waals surface area contributed by atoms with Crippen molar-refractivity contribution in [3.63, 3.8) is 0 Å². The fraction of sp³-hybridized carbons (Fsp3) is 0.263. The number of nitrogens with zero attached hydrogens (tertiary/aromatic N) is 1. The van der Waals surface area contributed by atoms with Crippen molar-refractivity contribution < 1.29 is 14.3 Å². The lowest BCUT2D eigenvalue weighted by molar-refractivity contribution is -0.161. The number of ether oxygens (including phenoxy) is 1. The second kappa shape index (κ2) is 7.20. The molecule has 0 aliphatic carbocycles. The zero-order valence-electron chi connectivity index (χ0n) is 12.8. The summed E-state index contributed by atoms with van der Waals surface area (Å²) in [6, 6.07) is 18.9. The van der Waals surface area contributed by atoms with Gasteiger partial charge in [0.25, 0.3) is 0 Å². The fourth-order valence-electron chi connectivity index (χ4n) is 2.80. The van der Waals surface area contributed by atoms with Gasteiger partial charge in [0.15, 0.2) is 0 Å². The monoisotopic (exact) mass is 309 g/mol. The third-order valence-electron chi connectivity index (χ3n) is 4.15. The van der Waals surface area contributed by atoms with Gasteiger partial charge in [-0.15, -0.1) is 0 Å². The maximum Gasteiger partial charge on any atom is 0.323 e. The molecule has 1 aliphatic heterocycles. The van der Waals surface area contributed by atoms with Crippen molar-refractivity contribution in [3.8, 4) is 0 Å². The Kier molecular flexibility index (Phi) is 4.83. The zero-order valence-corrected chi connectivity index (χ0v) is 12.8. The highest BCUT2D eigenvalue weighted by Crippen LogP contribution is 2.28. The van der Waals surface area contributed by atoms with Crippen molar-refractivity contribution in [2.75, 3.05) is 0 Å². The predicted molar refractivity (Wildman–Crippen MR) is 86.5 cm³/mol. The average molecular weight is 309 g/mol. The molecule has 3 rings (SSSR count). The lowest BCUT2D eigenvalue weighted by atomic mass is 9.93. The Bertz CT molecular complexity index is 657. The number of esters is 1. The summed E-state index contributed by atoms with van der Waals surface area (Å²) in [7, 11) is 0. The normalized spacial score (nSPS) is 20.5. The number of hydrogen-bond acceptors (Lipinski definition) is 4. The van der Waals surface area contributed by atoms with Crippen LogP contribution in [0.3, 0.4) is 0 Å². The molecule has 0 amide bonds. The molecule has 0 spiro atoms. The highest BCUT2D eigenvalue weighted by molar-refractivity contribution is 5.79. The van der Waals surface area contributed by atoms with Gasteiger partial charge in [0.1, 0.15) is 18.9 Å². The van der Waals surface area contributed by atoms with Crippen LogP contribution in [0.4, 0.5) is 0 Å². The molecule has 2 aromatic carbocycles. The molecule has 0 saturated carbocycles. The molecule has 0 radical (unpaired) electrons. The molecule has 2 atom stereocenters. The molecular formula is C19H19NO3. The lowest BCUT2D eigenvalue weighted by Crippen LogP contribution is -2.59. The van der Waals surface area contributed by atoms with Gasteiger partial charge in [-0.1, -0.05) is 60.7 Å². The first-order valence-electron chi connectivity index (χ1n) is 7.73. The Morgan fingerprint density at radius 1 is 1.04 bits per heavy atom. The van der Waals surface area contributed by atoms with E-state index in [9.17, 15) is 9.59 Å². The molecule has 0 aromatic heterocycles. The summed E-state index contributed by atoms with van der Waals surface area (Å²) in [4.78, 5) is 25.3. The first-order chi connectivity index (χ1) is 11.3. The maximum absolute atomic E-state index is 12.3. The molecule has 2 aromatic rings. The van der Waals surface area contributed by atoms with Crippen LogP contribution in [-0.2, 0) is 27.5 Å². The van der Waals surface area contributed by atoms with Crippen LogP contribution >= 0.6 is 0 Å². The van der Waals surface area contributed by atoms with Gasteiger partial charge in [0.05, 0.1) is 6.04 Å². The summed E-state index contributed by atoms with van der Waals surface area (Å²) in [5, 5.41) is 0. The molecule has 2 unspecified atom stereocenters. The number of carbonyl (C=O) groups excluding carboxylic acids is 2. The standard InChI is InChI=1S/C19H19NO3/c21-13-17-11-18(20(17)12-15-7-3-1-4-8-15)19(22)23-14-16-9-5-2-6-10-16/h1-10,13,17-18H,11-12,14H2. The van der Waals surface area contributed by atoms with E-state index >= 15 is 0 Å². The van der Waals surface area contributed by atoms with E-state index in [1.807, 2.05) is 65.6 Å². The first kappa shape index (κ1) is 15.4. The maximum atomic E-state index is 12.3. The van der Waals surface area contributed by atoms with Crippen LogP contribution in [0.15, 0.2) is 60.7 Å². The molecule has 4 heteroatoms. The Labute approximate surface area is 135 Å². The molecule has 1 heterocycles. The van der Waals surface area contributed by atoms with Gasteiger partial charge in [-0.05, 0) is 17.5 Å². The Morgan fingerprint density at radius 2 is 1.65 bits per heavy atom. The SMILES string of the molecule is O=CC1CC(C(=O)OCc2ccccc2)N1Cc1ccccc1. The van der Waals surface area contributed by atoms with Crippen molar-refractivity contribution in [3.05, 3.63) is 71.8 Å². The van der Waals surface area contributed by atoms with Crippen LogP contribution < -0.4 is 0 Å². The number of aldehydes is 1.